The smallest absolute Gasteiger partial charge is 0.407 e. The average Bonchev–Trinajstić information content (AvgIpc) is 2.87. The zero-order chi connectivity index (χ0) is 18.0. The number of guanidine groups is 1. The van der Waals surface area contributed by atoms with E-state index in [0.29, 0.717) is 19.6 Å². The summed E-state index contributed by atoms with van der Waals surface area (Å²) >= 11 is 1.70. The lowest BCUT2D eigenvalue weighted by Crippen LogP contribution is -2.42. The van der Waals surface area contributed by atoms with Gasteiger partial charge in [0.1, 0.15) is 5.60 Å². The number of carbonyl (C=O) groups excluding carboxylic acids is 1. The van der Waals surface area contributed by atoms with Crippen molar-refractivity contribution in [2.24, 2.45) is 4.99 Å². The molecule has 0 radical (unpaired) electrons. The first kappa shape index (κ1) is 20.2. The summed E-state index contributed by atoms with van der Waals surface area (Å²) in [5.74, 6) is 0.733. The molecule has 8 heteroatoms. The first-order chi connectivity index (χ1) is 11.3. The molecule has 1 aromatic rings. The van der Waals surface area contributed by atoms with Gasteiger partial charge in [-0.05, 0) is 34.6 Å². The molecule has 0 saturated heterocycles. The van der Waals surface area contributed by atoms with Crippen molar-refractivity contribution in [3.63, 3.8) is 0 Å². The number of aliphatic imine (C=N–C) groups is 1. The van der Waals surface area contributed by atoms with Gasteiger partial charge in [-0.3, -0.25) is 4.99 Å². The van der Waals surface area contributed by atoms with Crippen LogP contribution in [0.3, 0.4) is 0 Å². The third-order valence-electron chi connectivity index (χ3n) is 2.69. The lowest BCUT2D eigenvalue weighted by Gasteiger charge is -2.19. The summed E-state index contributed by atoms with van der Waals surface area (Å²) in [6.07, 6.45) is 2.30. The molecule has 1 amide bonds. The zero-order valence-electron chi connectivity index (χ0n) is 15.2. The minimum absolute atomic E-state index is 0.412. The molecule has 0 aliphatic heterocycles. The van der Waals surface area contributed by atoms with Crippen LogP contribution in [0.2, 0.25) is 0 Å². The fourth-order valence-electron chi connectivity index (χ4n) is 1.78. The van der Waals surface area contributed by atoms with Gasteiger partial charge in [-0.1, -0.05) is 0 Å². The van der Waals surface area contributed by atoms with Crippen LogP contribution in [-0.4, -0.2) is 48.8 Å². The van der Waals surface area contributed by atoms with E-state index in [9.17, 15) is 4.79 Å². The molecule has 1 rings (SSSR count). The number of alkyl carbamates (subject to hydrolysis) is 1. The Labute approximate surface area is 148 Å². The number of hydrogen-bond acceptors (Lipinski definition) is 5. The summed E-state index contributed by atoms with van der Waals surface area (Å²) < 4.78 is 5.18. The standard InChI is InChI=1S/C16H29N5O2S/c1-6-17-14(18-8-7-13-21-11-12(2)24-13)19-9-10-20-15(22)23-16(3,4)5/h11H,6-10H2,1-5H3,(H,20,22)(H2,17,18,19). The quantitative estimate of drug-likeness (QED) is 0.396. The molecule has 0 fully saturated rings. The Morgan fingerprint density at radius 2 is 2.00 bits per heavy atom. The predicted molar refractivity (Wildman–Crippen MR) is 98.8 cm³/mol. The van der Waals surface area contributed by atoms with Gasteiger partial charge in [-0.25, -0.2) is 9.78 Å². The SMILES string of the molecule is CCNC(=NCCc1ncc(C)s1)NCCNC(=O)OC(C)(C)C. The van der Waals surface area contributed by atoms with Crippen LogP contribution in [0.15, 0.2) is 11.2 Å². The highest BCUT2D eigenvalue weighted by molar-refractivity contribution is 7.11. The third-order valence-corrected chi connectivity index (χ3v) is 3.67. The van der Waals surface area contributed by atoms with Crippen molar-refractivity contribution < 1.29 is 9.53 Å². The monoisotopic (exact) mass is 355 g/mol. The Morgan fingerprint density at radius 1 is 1.29 bits per heavy atom. The fourth-order valence-corrected chi connectivity index (χ4v) is 2.56. The molecule has 1 aromatic heterocycles. The Bertz CT molecular complexity index is 537. The lowest BCUT2D eigenvalue weighted by molar-refractivity contribution is 0.0529. The summed E-state index contributed by atoms with van der Waals surface area (Å²) in [5, 5.41) is 10.2. The third kappa shape index (κ3) is 9.34. The van der Waals surface area contributed by atoms with Crippen molar-refractivity contribution >= 4 is 23.4 Å². The number of nitrogens with zero attached hydrogens (tertiary/aromatic N) is 2. The van der Waals surface area contributed by atoms with Crippen molar-refractivity contribution in [2.75, 3.05) is 26.2 Å². The van der Waals surface area contributed by atoms with E-state index in [-0.39, 0.29) is 0 Å². The van der Waals surface area contributed by atoms with Crippen LogP contribution in [-0.2, 0) is 11.2 Å². The Balaban J connectivity index is 2.29. The van der Waals surface area contributed by atoms with Crippen LogP contribution in [0.4, 0.5) is 4.79 Å². The maximum Gasteiger partial charge on any atom is 0.407 e. The molecule has 0 bridgehead atoms. The van der Waals surface area contributed by atoms with Crippen LogP contribution in [0.25, 0.3) is 0 Å². The highest BCUT2D eigenvalue weighted by Crippen LogP contribution is 2.11. The number of aromatic nitrogens is 1. The second-order valence-electron chi connectivity index (χ2n) is 6.23. The fraction of sp³-hybridized carbons (Fsp3) is 0.688. The number of ether oxygens (including phenoxy) is 1. The van der Waals surface area contributed by atoms with E-state index in [4.69, 9.17) is 4.74 Å². The van der Waals surface area contributed by atoms with E-state index < -0.39 is 11.7 Å². The molecular formula is C16H29N5O2S. The Morgan fingerprint density at radius 3 is 2.58 bits per heavy atom. The molecule has 0 aliphatic rings. The Kier molecular flexibility index (Phi) is 8.53. The van der Waals surface area contributed by atoms with E-state index >= 15 is 0 Å². The van der Waals surface area contributed by atoms with Gasteiger partial charge in [-0.2, -0.15) is 0 Å². The van der Waals surface area contributed by atoms with Gasteiger partial charge in [0.25, 0.3) is 0 Å². The lowest BCUT2D eigenvalue weighted by atomic mass is 10.2. The molecule has 0 unspecified atom stereocenters. The number of rotatable bonds is 7. The second kappa shape index (κ2) is 10.1. The first-order valence-electron chi connectivity index (χ1n) is 8.20. The second-order valence-corrected chi connectivity index (χ2v) is 7.55. The normalized spacial score (nSPS) is 12.0. The minimum atomic E-state index is -0.484. The van der Waals surface area contributed by atoms with Gasteiger partial charge < -0.3 is 20.7 Å². The first-order valence-corrected chi connectivity index (χ1v) is 9.02. The highest BCUT2D eigenvalue weighted by atomic mass is 32.1. The average molecular weight is 356 g/mol. The highest BCUT2D eigenvalue weighted by Gasteiger charge is 2.15. The molecule has 0 spiro atoms. The maximum absolute atomic E-state index is 11.5. The van der Waals surface area contributed by atoms with E-state index in [1.165, 1.54) is 4.88 Å². The van der Waals surface area contributed by atoms with Crippen molar-refractivity contribution in [1.29, 1.82) is 0 Å². The van der Waals surface area contributed by atoms with Crippen molar-refractivity contribution in [1.82, 2.24) is 20.9 Å². The predicted octanol–water partition coefficient (Wildman–Crippen LogP) is 2.07. The summed E-state index contributed by atoms with van der Waals surface area (Å²) in [6.45, 7) is 12.1. The number of thiazole rings is 1. The summed E-state index contributed by atoms with van der Waals surface area (Å²) in [7, 11) is 0. The summed E-state index contributed by atoms with van der Waals surface area (Å²) in [5.41, 5.74) is -0.484. The van der Waals surface area contributed by atoms with Gasteiger partial charge in [0, 0.05) is 43.7 Å². The summed E-state index contributed by atoms with van der Waals surface area (Å²) in [6, 6.07) is 0. The van der Waals surface area contributed by atoms with E-state index in [0.717, 1.165) is 23.9 Å². The molecule has 1 heterocycles. The number of hydrogen-bond donors (Lipinski definition) is 3. The molecule has 3 N–H and O–H groups in total. The van der Waals surface area contributed by atoms with E-state index in [1.807, 2.05) is 40.8 Å². The van der Waals surface area contributed by atoms with Crippen molar-refractivity contribution in [2.45, 2.75) is 46.6 Å². The summed E-state index contributed by atoms with van der Waals surface area (Å²) in [4.78, 5) is 21.6. The van der Waals surface area contributed by atoms with Gasteiger partial charge >= 0.3 is 6.09 Å². The molecule has 0 aliphatic carbocycles. The van der Waals surface area contributed by atoms with Gasteiger partial charge in [-0.15, -0.1) is 11.3 Å². The van der Waals surface area contributed by atoms with Gasteiger partial charge in [0.2, 0.25) is 0 Å². The molecule has 136 valence electrons. The van der Waals surface area contributed by atoms with E-state index in [2.05, 4.69) is 25.9 Å². The Hall–Kier alpha value is -1.83. The molecule has 24 heavy (non-hydrogen) atoms. The van der Waals surface area contributed by atoms with Crippen LogP contribution < -0.4 is 16.0 Å². The van der Waals surface area contributed by atoms with Gasteiger partial charge in [0.05, 0.1) is 5.01 Å². The molecule has 0 saturated carbocycles. The number of aryl methyl sites for hydroxylation is 1. The van der Waals surface area contributed by atoms with Crippen LogP contribution >= 0.6 is 11.3 Å². The van der Waals surface area contributed by atoms with Crippen LogP contribution in [0.5, 0.6) is 0 Å². The van der Waals surface area contributed by atoms with Gasteiger partial charge in [0.15, 0.2) is 5.96 Å². The molecule has 7 nitrogen and oxygen atoms in total. The number of carbonyl (C=O) groups is 1. The largest absolute Gasteiger partial charge is 0.444 e. The van der Waals surface area contributed by atoms with Crippen molar-refractivity contribution in [3.8, 4) is 0 Å². The minimum Gasteiger partial charge on any atom is -0.444 e. The molecule has 0 atom stereocenters. The zero-order valence-corrected chi connectivity index (χ0v) is 16.0. The van der Waals surface area contributed by atoms with Crippen LogP contribution in [0, 0.1) is 6.92 Å². The van der Waals surface area contributed by atoms with Crippen molar-refractivity contribution in [3.05, 3.63) is 16.1 Å². The van der Waals surface area contributed by atoms with E-state index in [1.54, 1.807) is 11.3 Å². The number of amides is 1. The maximum atomic E-state index is 11.5. The molecule has 0 aromatic carbocycles. The molecular weight excluding hydrogens is 326 g/mol. The van der Waals surface area contributed by atoms with Crippen LogP contribution in [0.1, 0.15) is 37.6 Å². The topological polar surface area (TPSA) is 87.6 Å². The number of nitrogens with one attached hydrogen (secondary N) is 3.